The third-order valence-electron chi connectivity index (χ3n) is 12.2. The summed E-state index contributed by atoms with van der Waals surface area (Å²) in [7, 11) is 0. The fraction of sp³-hybridized carbons (Fsp3) is 0. The molecule has 0 saturated heterocycles. The van der Waals surface area contributed by atoms with Crippen LogP contribution >= 0.6 is 0 Å². The average molecular weight is 779 g/mol. The molecule has 2 aromatic heterocycles. The van der Waals surface area contributed by atoms with Crippen molar-refractivity contribution in [2.75, 3.05) is 4.90 Å². The van der Waals surface area contributed by atoms with E-state index in [1.807, 2.05) is 0 Å². The lowest BCUT2D eigenvalue weighted by molar-refractivity contribution is 0.673. The maximum atomic E-state index is 6.81. The first kappa shape index (κ1) is 34.9. The average Bonchev–Trinajstić information content (AvgIpc) is 3.89. The van der Waals surface area contributed by atoms with E-state index in [0.717, 1.165) is 66.6 Å². The Balaban J connectivity index is 0.957. The normalized spacial score (nSPS) is 11.6. The molecule has 0 aliphatic rings. The van der Waals surface area contributed by atoms with Crippen LogP contribution in [-0.2, 0) is 0 Å². The second kappa shape index (κ2) is 14.3. The molecule has 0 unspecified atom stereocenters. The molecule has 0 fully saturated rings. The highest BCUT2D eigenvalue weighted by Crippen LogP contribution is 2.46. The van der Waals surface area contributed by atoms with Crippen molar-refractivity contribution in [3.05, 3.63) is 231 Å². The van der Waals surface area contributed by atoms with Gasteiger partial charge in [0.2, 0.25) is 0 Å². The second-order valence-corrected chi connectivity index (χ2v) is 15.7. The summed E-state index contributed by atoms with van der Waals surface area (Å²) in [6.45, 7) is 0. The Morgan fingerprint density at radius 1 is 0.344 bits per heavy atom. The zero-order chi connectivity index (χ0) is 40.3. The van der Waals surface area contributed by atoms with Gasteiger partial charge in [-0.2, -0.15) is 0 Å². The summed E-state index contributed by atoms with van der Waals surface area (Å²) in [5, 5.41) is 6.94. The Morgan fingerprint density at radius 2 is 0.836 bits per heavy atom. The number of benzene rings is 10. The quantitative estimate of drug-likeness (QED) is 0.161. The first-order valence-electron chi connectivity index (χ1n) is 20.8. The van der Waals surface area contributed by atoms with Crippen LogP contribution in [0.5, 0.6) is 0 Å². The summed E-state index contributed by atoms with van der Waals surface area (Å²) in [5.74, 6) is 0. The molecule has 0 N–H and O–H groups in total. The molecule has 12 rings (SSSR count). The topological polar surface area (TPSA) is 21.3 Å². The van der Waals surface area contributed by atoms with Crippen molar-refractivity contribution in [2.45, 2.75) is 0 Å². The van der Waals surface area contributed by atoms with E-state index in [0.29, 0.717) is 0 Å². The molecule has 286 valence electrons. The van der Waals surface area contributed by atoms with Crippen molar-refractivity contribution < 1.29 is 4.42 Å². The first-order chi connectivity index (χ1) is 30.3. The van der Waals surface area contributed by atoms with Crippen LogP contribution in [0.15, 0.2) is 235 Å². The molecule has 0 aliphatic carbocycles. The van der Waals surface area contributed by atoms with Crippen LogP contribution in [0.4, 0.5) is 17.1 Å². The van der Waals surface area contributed by atoms with Gasteiger partial charge >= 0.3 is 0 Å². The fourth-order valence-corrected chi connectivity index (χ4v) is 9.34. The van der Waals surface area contributed by atoms with Gasteiger partial charge in [0.15, 0.2) is 0 Å². The van der Waals surface area contributed by atoms with Crippen LogP contribution in [0.2, 0.25) is 0 Å². The molecule has 10 aromatic carbocycles. The minimum atomic E-state index is 0.873. The lowest BCUT2D eigenvalue weighted by atomic mass is 9.95. The van der Waals surface area contributed by atoms with E-state index in [1.165, 1.54) is 44.1 Å². The van der Waals surface area contributed by atoms with Crippen molar-refractivity contribution in [1.29, 1.82) is 0 Å². The minimum absolute atomic E-state index is 0.873. The van der Waals surface area contributed by atoms with Gasteiger partial charge in [-0.15, -0.1) is 0 Å². The van der Waals surface area contributed by atoms with Crippen molar-refractivity contribution in [2.24, 2.45) is 0 Å². The molecule has 0 bridgehead atoms. The number of fused-ring (bicyclic) bond motifs is 8. The molecule has 3 heteroatoms. The van der Waals surface area contributed by atoms with Gasteiger partial charge in [0.05, 0.1) is 16.7 Å². The summed E-state index contributed by atoms with van der Waals surface area (Å²) in [5.41, 5.74) is 15.6. The van der Waals surface area contributed by atoms with Crippen molar-refractivity contribution in [3.8, 4) is 39.1 Å². The van der Waals surface area contributed by atoms with E-state index < -0.39 is 0 Å². The smallest absolute Gasteiger partial charge is 0.143 e. The molecule has 61 heavy (non-hydrogen) atoms. The van der Waals surface area contributed by atoms with E-state index in [2.05, 4.69) is 240 Å². The summed E-state index contributed by atoms with van der Waals surface area (Å²) >= 11 is 0. The number of anilines is 3. The number of rotatable bonds is 7. The molecule has 2 heterocycles. The lowest BCUT2D eigenvalue weighted by Crippen LogP contribution is -2.10. The number of hydrogen-bond acceptors (Lipinski definition) is 2. The molecular formula is C58H38N2O. The Labute approximate surface area is 353 Å². The zero-order valence-electron chi connectivity index (χ0n) is 33.2. The largest absolute Gasteiger partial charge is 0.455 e. The minimum Gasteiger partial charge on any atom is -0.455 e. The molecule has 0 amide bonds. The van der Waals surface area contributed by atoms with Gasteiger partial charge in [0, 0.05) is 49.4 Å². The van der Waals surface area contributed by atoms with E-state index in [-0.39, 0.29) is 0 Å². The van der Waals surface area contributed by atoms with E-state index >= 15 is 0 Å². The molecule has 0 saturated carbocycles. The van der Waals surface area contributed by atoms with Crippen LogP contribution in [0, 0.1) is 0 Å². The van der Waals surface area contributed by atoms with E-state index in [1.54, 1.807) is 0 Å². The Kier molecular flexibility index (Phi) is 8.17. The predicted molar refractivity (Wildman–Crippen MR) is 257 cm³/mol. The van der Waals surface area contributed by atoms with Gasteiger partial charge in [-0.05, 0) is 94.0 Å². The Bertz CT molecular complexity index is 3490. The highest BCUT2D eigenvalue weighted by molar-refractivity contribution is 6.22. The molecular weight excluding hydrogens is 741 g/mol. The molecule has 3 nitrogen and oxygen atoms in total. The summed E-state index contributed by atoms with van der Waals surface area (Å²) in [4.78, 5) is 2.37. The van der Waals surface area contributed by atoms with E-state index in [4.69, 9.17) is 4.42 Å². The Morgan fingerprint density at radius 3 is 1.49 bits per heavy atom. The van der Waals surface area contributed by atoms with Gasteiger partial charge in [-0.3, -0.25) is 0 Å². The molecule has 0 atom stereocenters. The first-order valence-corrected chi connectivity index (χ1v) is 20.8. The van der Waals surface area contributed by atoms with Gasteiger partial charge in [0.1, 0.15) is 11.2 Å². The van der Waals surface area contributed by atoms with Crippen LogP contribution in [0.1, 0.15) is 0 Å². The van der Waals surface area contributed by atoms with Crippen LogP contribution in [0.3, 0.4) is 0 Å². The number of aromatic nitrogens is 1. The monoisotopic (exact) mass is 778 g/mol. The third-order valence-corrected chi connectivity index (χ3v) is 12.2. The summed E-state index contributed by atoms with van der Waals surface area (Å²) in [6, 6.07) is 82.7. The van der Waals surface area contributed by atoms with Gasteiger partial charge in [-0.1, -0.05) is 170 Å². The number of para-hydroxylation sites is 3. The van der Waals surface area contributed by atoms with Crippen molar-refractivity contribution in [3.63, 3.8) is 0 Å². The highest BCUT2D eigenvalue weighted by Gasteiger charge is 2.22. The third kappa shape index (κ3) is 5.82. The van der Waals surface area contributed by atoms with Gasteiger partial charge in [-0.25, -0.2) is 0 Å². The SMILES string of the molecule is c1ccc(-c2ccc(N(c3ccccc3)c3cc4c(oc5cccc(-c6ccc(-c7ccc(-n8c9ccccc9c9ccccc98)cc7)cc6)c54)c4ccccc34)cc2)cc1. The number of hydrogen-bond donors (Lipinski definition) is 0. The second-order valence-electron chi connectivity index (χ2n) is 15.7. The van der Waals surface area contributed by atoms with Crippen molar-refractivity contribution in [1.82, 2.24) is 4.57 Å². The zero-order valence-corrected chi connectivity index (χ0v) is 33.2. The maximum absolute atomic E-state index is 6.81. The summed E-state index contributed by atoms with van der Waals surface area (Å²) < 4.78 is 9.17. The maximum Gasteiger partial charge on any atom is 0.143 e. The van der Waals surface area contributed by atoms with Gasteiger partial charge < -0.3 is 13.9 Å². The standard InChI is InChI=1S/C58H38N2O/c1-3-14-39(15-4-1)41-30-34-45(35-31-41)59(44-16-5-2-6-17-44)55-38-52-57-47(22-13-25-56(57)61-58(52)51-21-8-7-20-50(51)55)43-28-26-40(27-29-43)42-32-36-46(37-33-42)60-53-23-11-9-18-48(53)49-19-10-12-24-54(49)60/h1-38H. The summed E-state index contributed by atoms with van der Waals surface area (Å²) in [6.07, 6.45) is 0. The number of nitrogens with zero attached hydrogens (tertiary/aromatic N) is 2. The molecule has 0 aliphatic heterocycles. The van der Waals surface area contributed by atoms with Gasteiger partial charge in [0.25, 0.3) is 0 Å². The Hall–Kier alpha value is -8.14. The molecule has 0 radical (unpaired) electrons. The lowest BCUT2D eigenvalue weighted by Gasteiger charge is -2.27. The predicted octanol–water partition coefficient (Wildman–Crippen LogP) is 16.3. The molecule has 0 spiro atoms. The van der Waals surface area contributed by atoms with Crippen LogP contribution < -0.4 is 4.90 Å². The highest BCUT2D eigenvalue weighted by atomic mass is 16.3. The molecule has 12 aromatic rings. The van der Waals surface area contributed by atoms with E-state index in [9.17, 15) is 0 Å². The van der Waals surface area contributed by atoms with Crippen molar-refractivity contribution >= 4 is 71.6 Å². The van der Waals surface area contributed by atoms with Crippen LogP contribution in [0.25, 0.3) is 93.6 Å². The number of furan rings is 1. The van der Waals surface area contributed by atoms with Crippen LogP contribution in [-0.4, -0.2) is 4.57 Å². The fourth-order valence-electron chi connectivity index (χ4n) is 9.34.